The van der Waals surface area contributed by atoms with Crippen molar-refractivity contribution in [3.63, 3.8) is 0 Å². The predicted octanol–water partition coefficient (Wildman–Crippen LogP) is 5.01. The molecule has 0 unspecified atom stereocenters. The Hall–Kier alpha value is -3.34. The highest BCUT2D eigenvalue weighted by molar-refractivity contribution is 7.93. The van der Waals surface area contributed by atoms with E-state index in [-0.39, 0.29) is 32.3 Å². The number of amides is 2. The summed E-state index contributed by atoms with van der Waals surface area (Å²) in [7, 11) is -4.61. The van der Waals surface area contributed by atoms with Crippen molar-refractivity contribution in [1.82, 2.24) is 4.98 Å². The van der Waals surface area contributed by atoms with Gasteiger partial charge in [-0.2, -0.15) is 4.31 Å². The van der Waals surface area contributed by atoms with Crippen molar-refractivity contribution in [1.29, 1.82) is 0 Å². The molecule has 3 aromatic rings. The minimum Gasteiger partial charge on any atom is -0.464 e. The molecule has 0 atom stereocenters. The second kappa shape index (κ2) is 9.43. The number of anilines is 2. The van der Waals surface area contributed by atoms with Gasteiger partial charge in [0.15, 0.2) is 5.75 Å². The van der Waals surface area contributed by atoms with Crippen molar-refractivity contribution in [3.8, 4) is 11.5 Å². The first kappa shape index (κ1) is 23.3. The van der Waals surface area contributed by atoms with Gasteiger partial charge in [0, 0.05) is 18.1 Å². The number of pyridine rings is 1. The smallest absolute Gasteiger partial charge is 0.426 e. The van der Waals surface area contributed by atoms with Gasteiger partial charge in [0.1, 0.15) is 22.2 Å². The van der Waals surface area contributed by atoms with Gasteiger partial charge in [-0.1, -0.05) is 35.3 Å². The molecule has 0 bridgehead atoms. The Bertz CT molecular complexity index is 1280. The summed E-state index contributed by atoms with van der Waals surface area (Å²) in [4.78, 5) is 26.6. The molecule has 0 radical (unpaired) electrons. The molecule has 166 valence electrons. The van der Waals surface area contributed by atoms with Crippen LogP contribution in [0.25, 0.3) is 0 Å². The third-order valence-corrected chi connectivity index (χ3v) is 6.15. The Kier molecular flexibility index (Phi) is 6.87. The Morgan fingerprint density at radius 2 is 1.78 bits per heavy atom. The van der Waals surface area contributed by atoms with E-state index in [1.54, 1.807) is 6.07 Å². The maximum Gasteiger partial charge on any atom is 0.426 e. The molecule has 2 aromatic carbocycles. The van der Waals surface area contributed by atoms with E-state index in [0.29, 0.717) is 5.02 Å². The number of carbonyl (C=O) groups excluding carboxylic acids is 1. The zero-order valence-corrected chi connectivity index (χ0v) is 18.6. The second-order valence-electron chi connectivity index (χ2n) is 6.26. The third-order valence-electron chi connectivity index (χ3n) is 3.95. The molecule has 0 saturated carbocycles. The highest BCUT2D eigenvalue weighted by atomic mass is 35.5. The van der Waals surface area contributed by atoms with Crippen LogP contribution < -0.4 is 14.4 Å². The first-order valence-corrected chi connectivity index (χ1v) is 11.0. The van der Waals surface area contributed by atoms with Crippen LogP contribution in [0.3, 0.4) is 0 Å². The molecule has 0 fully saturated rings. The van der Waals surface area contributed by atoms with Crippen LogP contribution in [0.15, 0.2) is 65.7 Å². The van der Waals surface area contributed by atoms with Crippen molar-refractivity contribution in [2.45, 2.75) is 11.8 Å². The Morgan fingerprint density at radius 3 is 2.38 bits per heavy atom. The van der Waals surface area contributed by atoms with Crippen molar-refractivity contribution >= 4 is 56.7 Å². The molecule has 1 heterocycles. The highest BCUT2D eigenvalue weighted by Crippen LogP contribution is 2.38. The number of halogens is 2. The van der Waals surface area contributed by atoms with E-state index in [2.05, 4.69) is 10.3 Å². The molecule has 0 aliphatic heterocycles. The zero-order valence-electron chi connectivity index (χ0n) is 16.3. The molecule has 12 heteroatoms. The molecule has 0 saturated heterocycles. The van der Waals surface area contributed by atoms with Crippen LogP contribution in [0, 0.1) is 0 Å². The Morgan fingerprint density at radius 1 is 1.06 bits per heavy atom. The lowest BCUT2D eigenvalue weighted by Crippen LogP contribution is -2.36. The SMILES string of the molecule is CC(=O)Nc1ccc(S(=O)(=O)N(C(=O)O)c2ccccc2Oc2ccc(Cl)cc2Cl)cn1. The summed E-state index contributed by atoms with van der Waals surface area (Å²) in [5.74, 6) is -0.218. The molecule has 9 nitrogen and oxygen atoms in total. The van der Waals surface area contributed by atoms with Gasteiger partial charge in [0.25, 0.3) is 10.0 Å². The number of sulfonamides is 1. The van der Waals surface area contributed by atoms with Gasteiger partial charge in [0.05, 0.1) is 5.02 Å². The summed E-state index contributed by atoms with van der Waals surface area (Å²) in [5.41, 5.74) is -0.267. The van der Waals surface area contributed by atoms with Crippen LogP contribution in [0.2, 0.25) is 10.0 Å². The van der Waals surface area contributed by atoms with E-state index in [9.17, 15) is 23.1 Å². The number of nitrogens with one attached hydrogen (secondary N) is 1. The fraction of sp³-hybridized carbons (Fsp3) is 0.0500. The maximum atomic E-state index is 13.1. The molecule has 0 aliphatic carbocycles. The molecular weight excluding hydrogens is 481 g/mol. The summed E-state index contributed by atoms with van der Waals surface area (Å²) in [6.07, 6.45) is -0.829. The van der Waals surface area contributed by atoms with Gasteiger partial charge in [-0.15, -0.1) is 0 Å². The number of rotatable bonds is 6. The molecular formula is C20H15Cl2N3O6S. The Labute approximate surface area is 193 Å². The lowest BCUT2D eigenvalue weighted by Gasteiger charge is -2.22. The largest absolute Gasteiger partial charge is 0.464 e. The number of hydrogen-bond donors (Lipinski definition) is 2. The van der Waals surface area contributed by atoms with Gasteiger partial charge in [-0.3, -0.25) is 4.79 Å². The van der Waals surface area contributed by atoms with Crippen molar-refractivity contribution in [2.24, 2.45) is 0 Å². The van der Waals surface area contributed by atoms with Crippen LogP contribution >= 0.6 is 23.2 Å². The van der Waals surface area contributed by atoms with Crippen LogP contribution in [0.1, 0.15) is 6.92 Å². The van der Waals surface area contributed by atoms with E-state index in [1.807, 2.05) is 0 Å². The summed E-state index contributed by atoms with van der Waals surface area (Å²) < 4.78 is 32.2. The fourth-order valence-corrected chi connectivity index (χ4v) is 4.31. The molecule has 3 rings (SSSR count). The average Bonchev–Trinajstić information content (AvgIpc) is 2.71. The number of benzene rings is 2. The van der Waals surface area contributed by atoms with E-state index < -0.39 is 26.9 Å². The molecule has 2 N–H and O–H groups in total. The van der Waals surface area contributed by atoms with Crippen LogP contribution in [0.5, 0.6) is 11.5 Å². The Balaban J connectivity index is 2.03. The lowest BCUT2D eigenvalue weighted by molar-refractivity contribution is -0.114. The van der Waals surface area contributed by atoms with Crippen LogP contribution in [-0.2, 0) is 14.8 Å². The topological polar surface area (TPSA) is 126 Å². The summed E-state index contributed by atoms with van der Waals surface area (Å²) in [5, 5.41) is 12.7. The van der Waals surface area contributed by atoms with Crippen molar-refractivity contribution < 1.29 is 27.9 Å². The first-order valence-electron chi connectivity index (χ1n) is 8.83. The predicted molar refractivity (Wildman–Crippen MR) is 119 cm³/mol. The van der Waals surface area contributed by atoms with E-state index in [0.717, 1.165) is 12.3 Å². The number of ether oxygens (including phenoxy) is 1. The van der Waals surface area contributed by atoms with Crippen molar-refractivity contribution in [3.05, 3.63) is 70.8 Å². The fourth-order valence-electron chi connectivity index (χ4n) is 2.62. The first-order chi connectivity index (χ1) is 15.1. The summed E-state index contributed by atoms with van der Waals surface area (Å²) in [6, 6.07) is 12.4. The van der Waals surface area contributed by atoms with E-state index in [1.165, 1.54) is 49.4 Å². The molecule has 0 aliphatic rings. The quantitative estimate of drug-likeness (QED) is 0.491. The normalized spacial score (nSPS) is 11.0. The van der Waals surface area contributed by atoms with Gasteiger partial charge in [-0.05, 0) is 42.5 Å². The minimum atomic E-state index is -4.61. The number of nitrogens with zero attached hydrogens (tertiary/aromatic N) is 2. The van der Waals surface area contributed by atoms with Crippen LogP contribution in [0.4, 0.5) is 16.3 Å². The molecule has 32 heavy (non-hydrogen) atoms. The maximum absolute atomic E-state index is 13.1. The second-order valence-corrected chi connectivity index (χ2v) is 8.89. The molecule has 2 amide bonds. The number of carbonyl (C=O) groups is 2. The summed E-state index contributed by atoms with van der Waals surface area (Å²) >= 11 is 12.0. The number of para-hydroxylation sites is 2. The van der Waals surface area contributed by atoms with Gasteiger partial charge >= 0.3 is 6.09 Å². The number of carboxylic acid groups (broad SMARTS) is 1. The third kappa shape index (κ3) is 5.10. The molecule has 1 aromatic heterocycles. The lowest BCUT2D eigenvalue weighted by atomic mass is 10.3. The average molecular weight is 496 g/mol. The van der Waals surface area contributed by atoms with Crippen LogP contribution in [-0.4, -0.2) is 30.5 Å². The van der Waals surface area contributed by atoms with Crippen molar-refractivity contribution in [2.75, 3.05) is 9.62 Å². The van der Waals surface area contributed by atoms with E-state index >= 15 is 0 Å². The van der Waals surface area contributed by atoms with Gasteiger partial charge < -0.3 is 15.2 Å². The summed E-state index contributed by atoms with van der Waals surface area (Å²) in [6.45, 7) is 1.27. The monoisotopic (exact) mass is 495 g/mol. The van der Waals surface area contributed by atoms with Gasteiger partial charge in [0.2, 0.25) is 5.91 Å². The molecule has 0 spiro atoms. The number of hydrogen-bond acceptors (Lipinski definition) is 6. The highest BCUT2D eigenvalue weighted by Gasteiger charge is 2.33. The minimum absolute atomic E-state index is 0.0782. The zero-order chi connectivity index (χ0) is 23.5. The standard InChI is InChI=1S/C20H15Cl2N3O6S/c1-12(26)24-19-9-7-14(11-23-19)32(29,30)25(20(27)28)16-4-2-3-5-18(16)31-17-8-6-13(21)10-15(17)22/h2-11H,1H3,(H,27,28)(H,23,24,26). The van der Waals surface area contributed by atoms with E-state index in [4.69, 9.17) is 27.9 Å². The van der Waals surface area contributed by atoms with Gasteiger partial charge in [-0.25, -0.2) is 18.2 Å². The number of aromatic nitrogens is 1.